The largest absolute Gasteiger partial charge is 0.443 e. The van der Waals surface area contributed by atoms with Crippen molar-refractivity contribution >= 4 is 23.1 Å². The predicted octanol–water partition coefficient (Wildman–Crippen LogP) is 5.47. The Hall–Kier alpha value is -2.57. The van der Waals surface area contributed by atoms with Crippen molar-refractivity contribution in [3.63, 3.8) is 0 Å². The minimum absolute atomic E-state index is 0.184. The molecular formula is C23H33N3O4. The van der Waals surface area contributed by atoms with Crippen molar-refractivity contribution < 1.29 is 19.1 Å². The van der Waals surface area contributed by atoms with Gasteiger partial charge in [0.25, 0.3) is 0 Å². The van der Waals surface area contributed by atoms with E-state index in [0.29, 0.717) is 0 Å². The van der Waals surface area contributed by atoms with Crippen LogP contribution in [-0.4, -0.2) is 44.6 Å². The second kappa shape index (κ2) is 7.93. The van der Waals surface area contributed by atoms with E-state index < -0.39 is 23.4 Å². The van der Waals surface area contributed by atoms with Gasteiger partial charge in [-0.15, -0.1) is 0 Å². The Morgan fingerprint density at radius 3 is 2.13 bits per heavy atom. The molecule has 1 heterocycles. The van der Waals surface area contributed by atoms with E-state index in [9.17, 15) is 9.59 Å². The van der Waals surface area contributed by atoms with Gasteiger partial charge in [-0.3, -0.25) is 4.68 Å². The molecule has 1 aromatic heterocycles. The smallest absolute Gasteiger partial charge is 0.419 e. The SMILES string of the molecule is Cc1cccc2cn(C3CC(CN(C(=O)OC(C)(C)C)C(=O)OC(C)(C)C)C3)nc12. The Balaban J connectivity index is 1.67. The number of rotatable bonds is 3. The van der Waals surface area contributed by atoms with Gasteiger partial charge < -0.3 is 9.47 Å². The molecule has 0 spiro atoms. The highest BCUT2D eigenvalue weighted by Crippen LogP contribution is 2.39. The molecule has 164 valence electrons. The van der Waals surface area contributed by atoms with Crippen LogP contribution in [0.1, 0.15) is 66.0 Å². The minimum atomic E-state index is -0.688. The summed E-state index contributed by atoms with van der Waals surface area (Å²) < 4.78 is 12.9. The quantitative estimate of drug-likeness (QED) is 0.665. The highest BCUT2D eigenvalue weighted by molar-refractivity contribution is 5.88. The number of benzene rings is 1. The molecule has 0 unspecified atom stereocenters. The molecule has 1 fully saturated rings. The van der Waals surface area contributed by atoms with E-state index >= 15 is 0 Å². The number of hydrogen-bond donors (Lipinski definition) is 0. The monoisotopic (exact) mass is 415 g/mol. The van der Waals surface area contributed by atoms with Crippen LogP contribution in [-0.2, 0) is 9.47 Å². The van der Waals surface area contributed by atoms with Crippen molar-refractivity contribution in [2.75, 3.05) is 6.54 Å². The lowest BCUT2D eigenvalue weighted by Crippen LogP contribution is -2.47. The highest BCUT2D eigenvalue weighted by atomic mass is 16.6. The van der Waals surface area contributed by atoms with Gasteiger partial charge in [-0.1, -0.05) is 18.2 Å². The van der Waals surface area contributed by atoms with Crippen molar-refractivity contribution in [2.24, 2.45) is 5.92 Å². The molecule has 0 N–H and O–H groups in total. The molecule has 0 bridgehead atoms. The average Bonchev–Trinajstić information content (AvgIpc) is 2.95. The fourth-order valence-corrected chi connectivity index (χ4v) is 3.58. The summed E-state index contributed by atoms with van der Waals surface area (Å²) >= 11 is 0. The predicted molar refractivity (Wildman–Crippen MR) is 115 cm³/mol. The first-order chi connectivity index (χ1) is 13.8. The maximum absolute atomic E-state index is 12.7. The number of hydrogen-bond acceptors (Lipinski definition) is 5. The topological polar surface area (TPSA) is 73.7 Å². The number of carbonyl (C=O) groups excluding carboxylic acids is 2. The summed E-state index contributed by atoms with van der Waals surface area (Å²) in [4.78, 5) is 26.4. The standard InChI is InChI=1S/C23H33N3O4/c1-15-9-8-10-17-14-26(24-19(15)17)18-11-16(12-18)13-25(20(27)29-22(2,3)4)21(28)30-23(5,6)7/h8-10,14,16,18H,11-13H2,1-7H3. The molecule has 3 rings (SSSR count). The summed E-state index contributed by atoms with van der Waals surface area (Å²) in [6, 6.07) is 6.42. The van der Waals surface area contributed by atoms with E-state index in [2.05, 4.69) is 25.3 Å². The van der Waals surface area contributed by atoms with Crippen LogP contribution in [0.4, 0.5) is 9.59 Å². The molecule has 0 atom stereocenters. The molecule has 7 heteroatoms. The first kappa shape index (κ1) is 22.1. The van der Waals surface area contributed by atoms with Crippen LogP contribution in [0.3, 0.4) is 0 Å². The molecule has 0 radical (unpaired) electrons. The molecule has 1 aromatic carbocycles. The number of fused-ring (bicyclic) bond motifs is 1. The van der Waals surface area contributed by atoms with Crippen molar-refractivity contribution in [1.82, 2.24) is 14.7 Å². The van der Waals surface area contributed by atoms with Gasteiger partial charge in [0.1, 0.15) is 11.2 Å². The summed E-state index contributed by atoms with van der Waals surface area (Å²) in [6.07, 6.45) is 2.42. The zero-order chi connectivity index (χ0) is 22.3. The van der Waals surface area contributed by atoms with Gasteiger partial charge >= 0.3 is 12.2 Å². The van der Waals surface area contributed by atoms with Crippen LogP contribution in [0.2, 0.25) is 0 Å². The summed E-state index contributed by atoms with van der Waals surface area (Å²) in [5, 5.41) is 5.86. The lowest BCUT2D eigenvalue weighted by atomic mass is 9.80. The fourth-order valence-electron chi connectivity index (χ4n) is 3.58. The zero-order valence-electron chi connectivity index (χ0n) is 19.1. The second-order valence-electron chi connectivity index (χ2n) is 10.2. The number of amides is 2. The Bertz CT molecular complexity index is 902. The molecule has 2 amide bonds. The highest BCUT2D eigenvalue weighted by Gasteiger charge is 2.38. The van der Waals surface area contributed by atoms with E-state index in [0.717, 1.165) is 34.2 Å². The first-order valence-corrected chi connectivity index (χ1v) is 10.5. The molecule has 7 nitrogen and oxygen atoms in total. The average molecular weight is 416 g/mol. The number of carbonyl (C=O) groups is 2. The number of aromatic nitrogens is 2. The lowest BCUT2D eigenvalue weighted by Gasteiger charge is -2.38. The van der Waals surface area contributed by atoms with Gasteiger partial charge in [0.15, 0.2) is 0 Å². The summed E-state index contributed by atoms with van der Waals surface area (Å²) in [7, 11) is 0. The number of aryl methyl sites for hydroxylation is 1. The second-order valence-corrected chi connectivity index (χ2v) is 10.2. The van der Waals surface area contributed by atoms with Crippen LogP contribution in [0, 0.1) is 12.8 Å². The van der Waals surface area contributed by atoms with Crippen LogP contribution in [0.5, 0.6) is 0 Å². The molecule has 1 aliphatic carbocycles. The molecule has 0 aliphatic heterocycles. The molecule has 30 heavy (non-hydrogen) atoms. The van der Waals surface area contributed by atoms with Gasteiger partial charge in [0.2, 0.25) is 0 Å². The molecule has 0 saturated heterocycles. The third-order valence-corrected chi connectivity index (χ3v) is 5.01. The maximum Gasteiger partial charge on any atom is 0.419 e. The normalized spacial score (nSPS) is 19.3. The van der Waals surface area contributed by atoms with Gasteiger partial charge in [0.05, 0.1) is 11.6 Å². The fraction of sp³-hybridized carbons (Fsp3) is 0.609. The summed E-state index contributed by atoms with van der Waals surface area (Å²) in [5.41, 5.74) is 0.798. The van der Waals surface area contributed by atoms with Crippen molar-refractivity contribution in [3.05, 3.63) is 30.0 Å². The van der Waals surface area contributed by atoms with Gasteiger partial charge in [-0.05, 0) is 72.8 Å². The van der Waals surface area contributed by atoms with E-state index in [1.54, 1.807) is 41.5 Å². The third kappa shape index (κ3) is 5.32. The Kier molecular flexibility index (Phi) is 5.85. The number of imide groups is 1. The van der Waals surface area contributed by atoms with Crippen molar-refractivity contribution in [2.45, 2.75) is 78.6 Å². The number of nitrogens with zero attached hydrogens (tertiary/aromatic N) is 3. The van der Waals surface area contributed by atoms with Gasteiger partial charge in [0, 0.05) is 18.1 Å². The van der Waals surface area contributed by atoms with E-state index in [4.69, 9.17) is 14.6 Å². The van der Waals surface area contributed by atoms with E-state index in [1.807, 2.05) is 10.7 Å². The molecule has 2 aromatic rings. The zero-order valence-corrected chi connectivity index (χ0v) is 19.1. The third-order valence-electron chi connectivity index (χ3n) is 5.01. The van der Waals surface area contributed by atoms with Crippen molar-refractivity contribution in [3.8, 4) is 0 Å². The van der Waals surface area contributed by atoms with Crippen LogP contribution in [0.15, 0.2) is 24.4 Å². The Morgan fingerprint density at radius 1 is 1.07 bits per heavy atom. The Labute approximate surface area is 178 Å². The van der Waals surface area contributed by atoms with Crippen molar-refractivity contribution in [1.29, 1.82) is 0 Å². The summed E-state index contributed by atoms with van der Waals surface area (Å²) in [5.74, 6) is 0.184. The van der Waals surface area contributed by atoms with Crippen LogP contribution in [0.25, 0.3) is 10.9 Å². The molecule has 1 aliphatic rings. The van der Waals surface area contributed by atoms with E-state index in [-0.39, 0.29) is 18.5 Å². The molecule has 1 saturated carbocycles. The minimum Gasteiger partial charge on any atom is -0.443 e. The van der Waals surface area contributed by atoms with Gasteiger partial charge in [-0.25, -0.2) is 14.5 Å². The van der Waals surface area contributed by atoms with Crippen LogP contribution >= 0.6 is 0 Å². The van der Waals surface area contributed by atoms with Gasteiger partial charge in [-0.2, -0.15) is 5.10 Å². The number of ether oxygens (including phenoxy) is 2. The van der Waals surface area contributed by atoms with E-state index in [1.165, 1.54) is 0 Å². The Morgan fingerprint density at radius 2 is 1.63 bits per heavy atom. The first-order valence-electron chi connectivity index (χ1n) is 10.5. The lowest BCUT2D eigenvalue weighted by molar-refractivity contribution is -0.00638. The van der Waals surface area contributed by atoms with Crippen LogP contribution < -0.4 is 0 Å². The maximum atomic E-state index is 12.7. The molecular weight excluding hydrogens is 382 g/mol. The summed E-state index contributed by atoms with van der Waals surface area (Å²) in [6.45, 7) is 13.0.